The zero-order valence-corrected chi connectivity index (χ0v) is 9.03. The van der Waals surface area contributed by atoms with Gasteiger partial charge in [-0.05, 0) is 6.42 Å². The van der Waals surface area contributed by atoms with E-state index in [0.717, 1.165) is 12.8 Å². The molecule has 0 unspecified atom stereocenters. The van der Waals surface area contributed by atoms with Gasteiger partial charge in [-0.3, -0.25) is 4.79 Å². The number of unbranched alkanes of at least 4 members (excludes halogenated alkanes) is 1. The second-order valence-electron chi connectivity index (χ2n) is 3.90. The fraction of sp³-hybridized carbons (Fsp3) is 0.875. The number of hydrogen-bond donors (Lipinski definition) is 1. The van der Waals surface area contributed by atoms with Gasteiger partial charge in [0, 0.05) is 6.42 Å². The van der Waals surface area contributed by atoms with Crippen LogP contribution in [0.2, 0.25) is 19.6 Å². The van der Waals surface area contributed by atoms with Gasteiger partial charge in [0.2, 0.25) is 5.91 Å². The molecule has 2 nitrogen and oxygen atoms in total. The summed E-state index contributed by atoms with van der Waals surface area (Å²) in [5.41, 5.74) is 0. The largest absolute Gasteiger partial charge is 0.382 e. The Labute approximate surface area is 70.5 Å². The molecular weight excluding hydrogens is 154 g/mol. The standard InChI is InChI=1S/C8H19NOSi/c1-5-6-7-8(10)9-11(2,3)4/h5-7H2,1-4H3,(H,9,10). The Morgan fingerprint density at radius 1 is 1.36 bits per heavy atom. The lowest BCUT2D eigenvalue weighted by Gasteiger charge is -2.17. The van der Waals surface area contributed by atoms with Gasteiger partial charge in [-0.2, -0.15) is 0 Å². The van der Waals surface area contributed by atoms with E-state index in [1.165, 1.54) is 0 Å². The summed E-state index contributed by atoms with van der Waals surface area (Å²) in [4.78, 5) is 14.2. The highest BCUT2D eigenvalue weighted by molar-refractivity contribution is 6.75. The summed E-state index contributed by atoms with van der Waals surface area (Å²) in [6.45, 7) is 8.51. The quantitative estimate of drug-likeness (QED) is 0.648. The lowest BCUT2D eigenvalue weighted by molar-refractivity contribution is -0.119. The highest BCUT2D eigenvalue weighted by Gasteiger charge is 2.15. The molecule has 0 aromatic heterocycles. The molecule has 66 valence electrons. The van der Waals surface area contributed by atoms with Gasteiger partial charge in [-0.1, -0.05) is 33.0 Å². The fourth-order valence-corrected chi connectivity index (χ4v) is 1.78. The van der Waals surface area contributed by atoms with E-state index in [1.807, 2.05) is 0 Å². The van der Waals surface area contributed by atoms with Crippen LogP contribution < -0.4 is 4.98 Å². The predicted molar refractivity (Wildman–Crippen MR) is 51.0 cm³/mol. The van der Waals surface area contributed by atoms with Crippen molar-refractivity contribution in [2.45, 2.75) is 45.8 Å². The molecule has 0 radical (unpaired) electrons. The lowest BCUT2D eigenvalue weighted by atomic mass is 10.2. The Morgan fingerprint density at radius 2 is 1.91 bits per heavy atom. The SMILES string of the molecule is CCCCC(=O)N[Si](C)(C)C. The maximum Gasteiger partial charge on any atom is 0.212 e. The smallest absolute Gasteiger partial charge is 0.212 e. The van der Waals surface area contributed by atoms with Crippen LogP contribution in [0.1, 0.15) is 26.2 Å². The first-order valence-corrected chi connectivity index (χ1v) is 7.76. The minimum atomic E-state index is -1.37. The number of amides is 1. The number of rotatable bonds is 4. The zero-order chi connectivity index (χ0) is 8.91. The molecule has 0 saturated carbocycles. The molecule has 1 N–H and O–H groups in total. The molecule has 0 aromatic carbocycles. The Morgan fingerprint density at radius 3 is 2.27 bits per heavy atom. The molecule has 0 heterocycles. The Kier molecular flexibility index (Phi) is 4.41. The van der Waals surface area contributed by atoms with Crippen molar-refractivity contribution in [1.82, 2.24) is 4.98 Å². The van der Waals surface area contributed by atoms with Crippen LogP contribution in [0, 0.1) is 0 Å². The summed E-state index contributed by atoms with van der Waals surface area (Å²) >= 11 is 0. The zero-order valence-electron chi connectivity index (χ0n) is 8.03. The first-order chi connectivity index (χ1) is 4.95. The fourth-order valence-electron chi connectivity index (χ4n) is 0.818. The molecule has 0 aliphatic heterocycles. The van der Waals surface area contributed by atoms with Gasteiger partial charge in [0.05, 0.1) is 0 Å². The van der Waals surface area contributed by atoms with E-state index in [1.54, 1.807) is 0 Å². The topological polar surface area (TPSA) is 29.1 Å². The second-order valence-corrected chi connectivity index (χ2v) is 8.65. The van der Waals surface area contributed by atoms with Crippen molar-refractivity contribution in [1.29, 1.82) is 0 Å². The average Bonchev–Trinajstić information content (AvgIpc) is 1.79. The molecule has 0 atom stereocenters. The third-order valence-corrected chi connectivity index (χ3v) is 2.30. The van der Waals surface area contributed by atoms with Crippen LogP contribution in [0.25, 0.3) is 0 Å². The summed E-state index contributed by atoms with van der Waals surface area (Å²) in [6, 6.07) is 0. The van der Waals surface area contributed by atoms with Crippen LogP contribution in [-0.4, -0.2) is 14.1 Å². The lowest BCUT2D eigenvalue weighted by Crippen LogP contribution is -2.45. The van der Waals surface area contributed by atoms with Gasteiger partial charge in [-0.15, -0.1) is 0 Å². The maximum absolute atomic E-state index is 11.1. The summed E-state index contributed by atoms with van der Waals surface area (Å²) in [6.07, 6.45) is 2.80. The van der Waals surface area contributed by atoms with Crippen molar-refractivity contribution in [3.8, 4) is 0 Å². The molecule has 0 aliphatic carbocycles. The third kappa shape index (κ3) is 7.59. The van der Waals surface area contributed by atoms with Crippen LogP contribution in [-0.2, 0) is 4.79 Å². The first kappa shape index (κ1) is 10.7. The molecule has 1 amide bonds. The highest BCUT2D eigenvalue weighted by Crippen LogP contribution is 1.98. The number of carbonyl (C=O) groups excluding carboxylic acids is 1. The maximum atomic E-state index is 11.1. The van der Waals surface area contributed by atoms with Gasteiger partial charge in [-0.25, -0.2) is 0 Å². The Hall–Kier alpha value is -0.313. The van der Waals surface area contributed by atoms with Gasteiger partial charge in [0.15, 0.2) is 0 Å². The van der Waals surface area contributed by atoms with E-state index in [9.17, 15) is 4.79 Å². The normalized spacial score (nSPS) is 11.3. The van der Waals surface area contributed by atoms with Crippen LogP contribution in [0.5, 0.6) is 0 Å². The minimum Gasteiger partial charge on any atom is -0.382 e. The molecule has 0 bridgehead atoms. The van der Waals surface area contributed by atoms with Crippen LogP contribution >= 0.6 is 0 Å². The van der Waals surface area contributed by atoms with Crippen molar-refractivity contribution >= 4 is 14.1 Å². The highest BCUT2D eigenvalue weighted by atomic mass is 28.3. The van der Waals surface area contributed by atoms with Gasteiger partial charge >= 0.3 is 0 Å². The second kappa shape index (κ2) is 4.54. The van der Waals surface area contributed by atoms with Crippen LogP contribution in [0.3, 0.4) is 0 Å². The van der Waals surface area contributed by atoms with Crippen molar-refractivity contribution in [3.05, 3.63) is 0 Å². The molecule has 0 spiro atoms. The van der Waals surface area contributed by atoms with E-state index >= 15 is 0 Å². The minimum absolute atomic E-state index is 0.228. The summed E-state index contributed by atoms with van der Waals surface area (Å²) in [5.74, 6) is 0.228. The van der Waals surface area contributed by atoms with Crippen molar-refractivity contribution in [3.63, 3.8) is 0 Å². The number of nitrogens with one attached hydrogen (secondary N) is 1. The first-order valence-electron chi connectivity index (χ1n) is 4.26. The molecule has 0 aliphatic rings. The summed E-state index contributed by atoms with van der Waals surface area (Å²) in [7, 11) is -1.37. The van der Waals surface area contributed by atoms with Crippen molar-refractivity contribution in [2.75, 3.05) is 0 Å². The van der Waals surface area contributed by atoms with Crippen LogP contribution in [0.15, 0.2) is 0 Å². The van der Waals surface area contributed by atoms with E-state index in [2.05, 4.69) is 31.5 Å². The molecule has 0 rings (SSSR count). The monoisotopic (exact) mass is 173 g/mol. The molecule has 11 heavy (non-hydrogen) atoms. The molecule has 0 fully saturated rings. The summed E-state index contributed by atoms with van der Waals surface area (Å²) in [5, 5.41) is 0. The van der Waals surface area contributed by atoms with Crippen molar-refractivity contribution < 1.29 is 4.79 Å². The summed E-state index contributed by atoms with van der Waals surface area (Å²) < 4.78 is 0. The van der Waals surface area contributed by atoms with Crippen LogP contribution in [0.4, 0.5) is 0 Å². The van der Waals surface area contributed by atoms with E-state index in [4.69, 9.17) is 0 Å². The van der Waals surface area contributed by atoms with E-state index in [0.29, 0.717) is 6.42 Å². The Balaban J connectivity index is 3.53. The van der Waals surface area contributed by atoms with Gasteiger partial charge < -0.3 is 4.98 Å². The predicted octanol–water partition coefficient (Wildman–Crippen LogP) is 2.13. The molecule has 0 aromatic rings. The third-order valence-electron chi connectivity index (χ3n) is 1.27. The van der Waals surface area contributed by atoms with E-state index < -0.39 is 8.24 Å². The van der Waals surface area contributed by atoms with Gasteiger partial charge in [0.1, 0.15) is 8.24 Å². The molecule has 3 heteroatoms. The van der Waals surface area contributed by atoms with E-state index in [-0.39, 0.29) is 5.91 Å². The van der Waals surface area contributed by atoms with Crippen molar-refractivity contribution in [2.24, 2.45) is 0 Å². The van der Waals surface area contributed by atoms with Gasteiger partial charge in [0.25, 0.3) is 0 Å². The molecular formula is C8H19NOSi. The average molecular weight is 173 g/mol. The Bertz CT molecular complexity index is 129. The number of hydrogen-bond acceptors (Lipinski definition) is 1. The number of carbonyl (C=O) groups is 1. The molecule has 0 saturated heterocycles.